The van der Waals surface area contributed by atoms with E-state index in [1.807, 2.05) is 0 Å². The molecule has 0 saturated heterocycles. The zero-order valence-corrected chi connectivity index (χ0v) is 8.29. The highest BCUT2D eigenvalue weighted by Gasteiger charge is 2.16. The van der Waals surface area contributed by atoms with Gasteiger partial charge >= 0.3 is 0 Å². The van der Waals surface area contributed by atoms with E-state index >= 15 is 0 Å². The highest BCUT2D eigenvalue weighted by atomic mass is 15.0. The lowest BCUT2D eigenvalue weighted by atomic mass is 9.93. The van der Waals surface area contributed by atoms with Crippen LogP contribution < -0.4 is 5.32 Å². The molecular formula is C11H18N2. The van der Waals surface area contributed by atoms with Gasteiger partial charge in [0.15, 0.2) is 0 Å². The Hall–Kier alpha value is -0.760. The summed E-state index contributed by atoms with van der Waals surface area (Å²) in [6.07, 6.45) is 6.30. The predicted octanol–water partition coefficient (Wildman–Crippen LogP) is 2.15. The monoisotopic (exact) mass is 178 g/mol. The van der Waals surface area contributed by atoms with Crippen molar-refractivity contribution in [3.8, 4) is 0 Å². The summed E-state index contributed by atoms with van der Waals surface area (Å²) < 4.78 is 2.30. The van der Waals surface area contributed by atoms with Crippen LogP contribution in [0.1, 0.15) is 31.9 Å². The van der Waals surface area contributed by atoms with Crippen molar-refractivity contribution in [2.45, 2.75) is 45.3 Å². The van der Waals surface area contributed by atoms with Gasteiger partial charge in [-0.25, -0.2) is 0 Å². The van der Waals surface area contributed by atoms with E-state index in [9.17, 15) is 0 Å². The van der Waals surface area contributed by atoms with Gasteiger partial charge in [0, 0.05) is 31.0 Å². The van der Waals surface area contributed by atoms with Crippen LogP contribution in [0.2, 0.25) is 0 Å². The van der Waals surface area contributed by atoms with Crippen LogP contribution in [-0.2, 0) is 13.1 Å². The minimum atomic E-state index is 0.792. The molecule has 2 heteroatoms. The fourth-order valence-corrected chi connectivity index (χ4v) is 1.78. The van der Waals surface area contributed by atoms with E-state index < -0.39 is 0 Å². The molecule has 0 spiro atoms. The Labute approximate surface area is 79.9 Å². The lowest BCUT2D eigenvalue weighted by Crippen LogP contribution is -2.34. The molecule has 1 aromatic rings. The Kier molecular flexibility index (Phi) is 2.69. The fourth-order valence-electron chi connectivity index (χ4n) is 1.78. The second-order valence-electron chi connectivity index (χ2n) is 3.79. The summed E-state index contributed by atoms with van der Waals surface area (Å²) in [5.41, 5.74) is 1.41. The first kappa shape index (κ1) is 8.82. The fraction of sp³-hybridized carbons (Fsp3) is 0.636. The van der Waals surface area contributed by atoms with E-state index in [1.54, 1.807) is 0 Å². The minimum absolute atomic E-state index is 0.792. The molecule has 0 radical (unpaired) electrons. The molecule has 0 unspecified atom stereocenters. The van der Waals surface area contributed by atoms with E-state index in [4.69, 9.17) is 0 Å². The quantitative estimate of drug-likeness (QED) is 0.747. The Bertz CT molecular complexity index is 261. The van der Waals surface area contributed by atoms with Crippen LogP contribution >= 0.6 is 0 Å². The van der Waals surface area contributed by atoms with Crippen LogP contribution in [0.3, 0.4) is 0 Å². The number of hydrogen-bond donors (Lipinski definition) is 1. The van der Waals surface area contributed by atoms with Gasteiger partial charge in [0.25, 0.3) is 0 Å². The van der Waals surface area contributed by atoms with Crippen LogP contribution in [0.4, 0.5) is 0 Å². The third-order valence-electron chi connectivity index (χ3n) is 2.94. The maximum atomic E-state index is 3.58. The predicted molar refractivity (Wildman–Crippen MR) is 54.6 cm³/mol. The highest BCUT2D eigenvalue weighted by Crippen LogP contribution is 2.18. The molecular weight excluding hydrogens is 160 g/mol. The molecule has 1 fully saturated rings. The smallest absolute Gasteiger partial charge is 0.0361 e. The van der Waals surface area contributed by atoms with Crippen LogP contribution in [0, 0.1) is 0 Å². The van der Waals surface area contributed by atoms with Crippen LogP contribution in [-0.4, -0.2) is 10.6 Å². The third-order valence-corrected chi connectivity index (χ3v) is 2.94. The molecule has 1 N–H and O–H groups in total. The van der Waals surface area contributed by atoms with Crippen molar-refractivity contribution in [1.82, 2.24) is 9.88 Å². The molecule has 1 saturated carbocycles. The highest BCUT2D eigenvalue weighted by molar-refractivity contribution is 5.07. The van der Waals surface area contributed by atoms with Crippen molar-refractivity contribution in [1.29, 1.82) is 0 Å². The van der Waals surface area contributed by atoms with Crippen LogP contribution in [0.25, 0.3) is 0 Å². The average Bonchev–Trinajstić information content (AvgIpc) is 2.49. The molecule has 1 aliphatic carbocycles. The van der Waals surface area contributed by atoms with Gasteiger partial charge in [0.05, 0.1) is 0 Å². The van der Waals surface area contributed by atoms with Gasteiger partial charge in [-0.2, -0.15) is 0 Å². The van der Waals surface area contributed by atoms with E-state index in [1.165, 1.54) is 25.0 Å². The summed E-state index contributed by atoms with van der Waals surface area (Å²) in [5, 5.41) is 3.58. The van der Waals surface area contributed by atoms with Crippen molar-refractivity contribution >= 4 is 0 Å². The molecule has 0 aromatic carbocycles. The van der Waals surface area contributed by atoms with Crippen LogP contribution in [0.15, 0.2) is 18.3 Å². The molecule has 0 atom stereocenters. The Morgan fingerprint density at radius 1 is 1.54 bits per heavy atom. The molecule has 13 heavy (non-hydrogen) atoms. The first-order chi connectivity index (χ1) is 6.40. The van der Waals surface area contributed by atoms with Gasteiger partial charge in [0.1, 0.15) is 0 Å². The number of rotatable bonds is 4. The number of aromatic nitrogens is 1. The van der Waals surface area contributed by atoms with E-state index in [2.05, 4.69) is 35.1 Å². The van der Waals surface area contributed by atoms with E-state index in [-0.39, 0.29) is 0 Å². The van der Waals surface area contributed by atoms with E-state index in [0.717, 1.165) is 19.1 Å². The number of hydrogen-bond acceptors (Lipinski definition) is 1. The summed E-state index contributed by atoms with van der Waals surface area (Å²) in [6, 6.07) is 5.12. The van der Waals surface area contributed by atoms with Gasteiger partial charge < -0.3 is 9.88 Å². The average molecular weight is 178 g/mol. The first-order valence-corrected chi connectivity index (χ1v) is 5.27. The van der Waals surface area contributed by atoms with Crippen molar-refractivity contribution in [3.05, 3.63) is 24.0 Å². The van der Waals surface area contributed by atoms with Crippen LogP contribution in [0.5, 0.6) is 0 Å². The van der Waals surface area contributed by atoms with Gasteiger partial charge in [-0.15, -0.1) is 0 Å². The minimum Gasteiger partial charge on any atom is -0.351 e. The molecule has 1 aliphatic rings. The first-order valence-electron chi connectivity index (χ1n) is 5.27. The van der Waals surface area contributed by atoms with Crippen molar-refractivity contribution in [3.63, 3.8) is 0 Å². The number of aryl methyl sites for hydroxylation is 1. The Balaban J connectivity index is 1.85. The number of nitrogens with one attached hydrogen (secondary N) is 1. The Morgan fingerprint density at radius 3 is 3.00 bits per heavy atom. The van der Waals surface area contributed by atoms with E-state index in [0.29, 0.717) is 0 Å². The molecule has 2 rings (SSSR count). The SMILES string of the molecule is CCn1cccc1CNC1CCC1. The summed E-state index contributed by atoms with van der Waals surface area (Å²) in [5.74, 6) is 0. The van der Waals surface area contributed by atoms with Gasteiger partial charge in [-0.05, 0) is 31.9 Å². The maximum Gasteiger partial charge on any atom is 0.0361 e. The van der Waals surface area contributed by atoms with Crippen molar-refractivity contribution in [2.24, 2.45) is 0 Å². The summed E-state index contributed by atoms with van der Waals surface area (Å²) in [4.78, 5) is 0. The lowest BCUT2D eigenvalue weighted by Gasteiger charge is -2.26. The third kappa shape index (κ3) is 1.94. The van der Waals surface area contributed by atoms with Crippen molar-refractivity contribution < 1.29 is 0 Å². The standard InChI is InChI=1S/C11H18N2/c1-2-13-8-4-7-11(13)9-12-10-5-3-6-10/h4,7-8,10,12H,2-3,5-6,9H2,1H3. The van der Waals surface area contributed by atoms with Gasteiger partial charge in [0.2, 0.25) is 0 Å². The molecule has 0 aliphatic heterocycles. The topological polar surface area (TPSA) is 17.0 Å². The molecule has 1 aromatic heterocycles. The van der Waals surface area contributed by atoms with Gasteiger partial charge in [-0.1, -0.05) is 6.42 Å². The maximum absolute atomic E-state index is 3.58. The normalized spacial score (nSPS) is 17.3. The van der Waals surface area contributed by atoms with Gasteiger partial charge in [-0.3, -0.25) is 0 Å². The number of nitrogens with zero attached hydrogens (tertiary/aromatic N) is 1. The summed E-state index contributed by atoms with van der Waals surface area (Å²) in [6.45, 7) is 4.30. The molecule has 0 amide bonds. The largest absolute Gasteiger partial charge is 0.351 e. The van der Waals surface area contributed by atoms with Crippen molar-refractivity contribution in [2.75, 3.05) is 0 Å². The zero-order valence-electron chi connectivity index (χ0n) is 8.29. The zero-order chi connectivity index (χ0) is 9.10. The lowest BCUT2D eigenvalue weighted by molar-refractivity contribution is 0.335. The molecule has 1 heterocycles. The second-order valence-corrected chi connectivity index (χ2v) is 3.79. The molecule has 0 bridgehead atoms. The molecule has 72 valence electrons. The second kappa shape index (κ2) is 3.97. The summed E-state index contributed by atoms with van der Waals surface area (Å²) >= 11 is 0. The summed E-state index contributed by atoms with van der Waals surface area (Å²) in [7, 11) is 0. The molecule has 2 nitrogen and oxygen atoms in total. The Morgan fingerprint density at radius 2 is 2.38 bits per heavy atom.